The molecule has 1 N–H and O–H groups in total. The Kier molecular flexibility index (Phi) is 2.98. The van der Waals surface area contributed by atoms with Crippen molar-refractivity contribution >= 4 is 15.9 Å². The lowest BCUT2D eigenvalue weighted by molar-refractivity contribution is 0.0986. The third-order valence-electron chi connectivity index (χ3n) is 3.63. The van der Waals surface area contributed by atoms with Crippen LogP contribution in [0, 0.1) is 5.41 Å². The van der Waals surface area contributed by atoms with Crippen LogP contribution in [0.15, 0.2) is 29.3 Å². The largest absolute Gasteiger partial charge is 0.388 e. The van der Waals surface area contributed by atoms with Gasteiger partial charge in [-0.15, -0.1) is 0 Å². The number of aliphatic hydroxyl groups excluding tert-OH is 1. The Balaban J connectivity index is 2.08. The highest BCUT2D eigenvalue weighted by atomic mass is 79.9. The highest BCUT2D eigenvalue weighted by Crippen LogP contribution is 2.41. The van der Waals surface area contributed by atoms with Gasteiger partial charge in [-0.3, -0.25) is 0 Å². The molecule has 0 fully saturated rings. The minimum atomic E-state index is -0.386. The summed E-state index contributed by atoms with van der Waals surface area (Å²) >= 11 is 3.29. The molecule has 1 unspecified atom stereocenters. The highest BCUT2D eigenvalue weighted by molar-refractivity contribution is 9.10. The van der Waals surface area contributed by atoms with Gasteiger partial charge in [0.1, 0.15) is 4.60 Å². The first-order valence-corrected chi connectivity index (χ1v) is 7.12. The number of nitrogens with zero attached hydrogens (tertiary/aromatic N) is 3. The third-order valence-corrected chi connectivity index (χ3v) is 4.04. The number of hydrogen-bond donors (Lipinski definition) is 1. The van der Waals surface area contributed by atoms with Gasteiger partial charge >= 0.3 is 0 Å². The SMILES string of the molecule is CC1(C)Cc2c(ccn2-c2cnc(Br)cn2)C(O)C1. The molecule has 0 spiro atoms. The van der Waals surface area contributed by atoms with Gasteiger partial charge in [-0.05, 0) is 40.3 Å². The molecule has 0 saturated heterocycles. The summed E-state index contributed by atoms with van der Waals surface area (Å²) in [6.07, 6.45) is 6.74. The van der Waals surface area contributed by atoms with Crippen LogP contribution in [-0.2, 0) is 6.42 Å². The number of rotatable bonds is 1. The van der Waals surface area contributed by atoms with Crippen molar-refractivity contribution in [3.05, 3.63) is 40.5 Å². The van der Waals surface area contributed by atoms with Crippen LogP contribution in [-0.4, -0.2) is 19.6 Å². The Bertz CT molecular complexity index is 604. The number of aliphatic hydroxyl groups is 1. The summed E-state index contributed by atoms with van der Waals surface area (Å²) in [5.41, 5.74) is 2.26. The maximum Gasteiger partial charge on any atom is 0.155 e. The minimum Gasteiger partial charge on any atom is -0.388 e. The van der Waals surface area contributed by atoms with Crippen LogP contribution in [0.25, 0.3) is 5.82 Å². The molecule has 2 heterocycles. The summed E-state index contributed by atoms with van der Waals surface area (Å²) in [5, 5.41) is 10.2. The van der Waals surface area contributed by atoms with Crippen LogP contribution < -0.4 is 0 Å². The van der Waals surface area contributed by atoms with E-state index in [4.69, 9.17) is 0 Å². The molecule has 1 atom stereocenters. The molecule has 0 radical (unpaired) electrons. The van der Waals surface area contributed by atoms with Crippen molar-refractivity contribution in [2.75, 3.05) is 0 Å². The predicted octanol–water partition coefficient (Wildman–Crippen LogP) is 3.04. The van der Waals surface area contributed by atoms with Crippen molar-refractivity contribution in [2.45, 2.75) is 32.8 Å². The molecular weight excluding hydrogens is 306 g/mol. The molecule has 19 heavy (non-hydrogen) atoms. The first-order chi connectivity index (χ1) is 8.96. The van der Waals surface area contributed by atoms with E-state index in [0.29, 0.717) is 0 Å². The molecule has 0 saturated carbocycles. The molecule has 0 aromatic carbocycles. The zero-order chi connectivity index (χ0) is 13.6. The number of aromatic nitrogens is 3. The van der Waals surface area contributed by atoms with Crippen LogP contribution in [0.4, 0.5) is 0 Å². The molecule has 0 amide bonds. The van der Waals surface area contributed by atoms with Crippen LogP contribution in [0.2, 0.25) is 0 Å². The highest BCUT2D eigenvalue weighted by Gasteiger charge is 2.33. The van der Waals surface area contributed by atoms with Crippen molar-refractivity contribution < 1.29 is 5.11 Å². The Morgan fingerprint density at radius 2 is 2.16 bits per heavy atom. The van der Waals surface area contributed by atoms with Crippen LogP contribution in [0.3, 0.4) is 0 Å². The van der Waals surface area contributed by atoms with Gasteiger partial charge in [0.15, 0.2) is 5.82 Å². The fourth-order valence-corrected chi connectivity index (χ4v) is 2.98. The van der Waals surface area contributed by atoms with Gasteiger partial charge in [0.05, 0.1) is 18.5 Å². The first-order valence-electron chi connectivity index (χ1n) is 6.32. The monoisotopic (exact) mass is 321 g/mol. The van der Waals surface area contributed by atoms with E-state index in [-0.39, 0.29) is 11.5 Å². The van der Waals surface area contributed by atoms with Gasteiger partial charge in [-0.25, -0.2) is 9.97 Å². The maximum absolute atomic E-state index is 10.2. The second kappa shape index (κ2) is 4.42. The van der Waals surface area contributed by atoms with Crippen molar-refractivity contribution in [2.24, 2.45) is 5.41 Å². The summed E-state index contributed by atoms with van der Waals surface area (Å²) < 4.78 is 2.75. The zero-order valence-corrected chi connectivity index (χ0v) is 12.6. The molecule has 4 nitrogen and oxygen atoms in total. The fourth-order valence-electron chi connectivity index (χ4n) is 2.77. The standard InChI is InChI=1S/C14H16BrN3O/c1-14(2)5-10-9(11(19)6-14)3-4-18(10)13-8-16-12(15)7-17-13/h3-4,7-8,11,19H,5-6H2,1-2H3. The lowest BCUT2D eigenvalue weighted by Gasteiger charge is -2.33. The number of hydrogen-bond acceptors (Lipinski definition) is 3. The summed E-state index contributed by atoms with van der Waals surface area (Å²) in [4.78, 5) is 8.58. The van der Waals surface area contributed by atoms with Gasteiger partial charge in [-0.1, -0.05) is 13.8 Å². The molecule has 5 heteroatoms. The van der Waals surface area contributed by atoms with Crippen LogP contribution in [0.1, 0.15) is 37.6 Å². The van der Waals surface area contributed by atoms with Crippen LogP contribution in [0.5, 0.6) is 0 Å². The van der Waals surface area contributed by atoms with Gasteiger partial charge in [0.2, 0.25) is 0 Å². The van der Waals surface area contributed by atoms with E-state index < -0.39 is 0 Å². The van der Waals surface area contributed by atoms with Gasteiger partial charge < -0.3 is 9.67 Å². The normalized spacial score (nSPS) is 21.2. The van der Waals surface area contributed by atoms with Crippen molar-refractivity contribution in [1.29, 1.82) is 0 Å². The van der Waals surface area contributed by atoms with Crippen molar-refractivity contribution in [3.8, 4) is 5.82 Å². The smallest absolute Gasteiger partial charge is 0.155 e. The summed E-state index contributed by atoms with van der Waals surface area (Å²) in [7, 11) is 0. The number of halogens is 1. The lowest BCUT2D eigenvalue weighted by atomic mass is 9.75. The quantitative estimate of drug-likeness (QED) is 0.878. The topological polar surface area (TPSA) is 50.9 Å². The van der Waals surface area contributed by atoms with E-state index in [0.717, 1.165) is 34.5 Å². The fraction of sp³-hybridized carbons (Fsp3) is 0.429. The minimum absolute atomic E-state index is 0.102. The summed E-state index contributed by atoms with van der Waals surface area (Å²) in [6.45, 7) is 4.37. The molecular formula is C14H16BrN3O. The van der Waals surface area contributed by atoms with E-state index in [1.54, 1.807) is 12.4 Å². The number of fused-ring (bicyclic) bond motifs is 1. The lowest BCUT2D eigenvalue weighted by Crippen LogP contribution is -2.26. The van der Waals surface area contributed by atoms with E-state index >= 15 is 0 Å². The maximum atomic E-state index is 10.2. The molecule has 2 aromatic heterocycles. The Morgan fingerprint density at radius 3 is 2.84 bits per heavy atom. The first kappa shape index (κ1) is 12.8. The van der Waals surface area contributed by atoms with Crippen LogP contribution >= 0.6 is 15.9 Å². The Labute approximate surface area is 120 Å². The second-order valence-electron chi connectivity index (χ2n) is 5.85. The van der Waals surface area contributed by atoms with E-state index in [1.165, 1.54) is 0 Å². The third kappa shape index (κ3) is 2.32. The van der Waals surface area contributed by atoms with Gasteiger partial charge in [0, 0.05) is 17.5 Å². The van der Waals surface area contributed by atoms with Gasteiger partial charge in [-0.2, -0.15) is 0 Å². The second-order valence-corrected chi connectivity index (χ2v) is 6.66. The zero-order valence-electron chi connectivity index (χ0n) is 11.0. The molecule has 2 aromatic rings. The molecule has 1 aliphatic rings. The van der Waals surface area contributed by atoms with E-state index in [1.807, 2.05) is 16.8 Å². The van der Waals surface area contributed by atoms with Crippen molar-refractivity contribution in [3.63, 3.8) is 0 Å². The molecule has 1 aliphatic carbocycles. The molecule has 3 rings (SSSR count). The van der Waals surface area contributed by atoms with Gasteiger partial charge in [0.25, 0.3) is 0 Å². The summed E-state index contributed by atoms with van der Waals surface area (Å²) in [6, 6.07) is 1.99. The Hall–Kier alpha value is -1.20. The average Bonchev–Trinajstić information content (AvgIpc) is 2.72. The predicted molar refractivity (Wildman–Crippen MR) is 76.1 cm³/mol. The molecule has 100 valence electrons. The Morgan fingerprint density at radius 1 is 1.37 bits per heavy atom. The summed E-state index contributed by atoms with van der Waals surface area (Å²) in [5.74, 6) is 0.786. The molecule has 0 bridgehead atoms. The van der Waals surface area contributed by atoms with E-state index in [9.17, 15) is 5.11 Å². The average molecular weight is 322 g/mol. The molecule has 0 aliphatic heterocycles. The van der Waals surface area contributed by atoms with Crippen molar-refractivity contribution in [1.82, 2.24) is 14.5 Å². The van der Waals surface area contributed by atoms with E-state index in [2.05, 4.69) is 39.7 Å².